The Balaban J connectivity index is 1.82. The summed E-state index contributed by atoms with van der Waals surface area (Å²) in [6, 6.07) is 4.76. The highest BCUT2D eigenvalue weighted by Crippen LogP contribution is 2.38. The third-order valence-corrected chi connectivity index (χ3v) is 4.56. The second-order valence-corrected chi connectivity index (χ2v) is 5.80. The van der Waals surface area contributed by atoms with Gasteiger partial charge in [-0.3, -0.25) is 0 Å². The zero-order valence-corrected chi connectivity index (χ0v) is 11.3. The SMILES string of the molecule is NC(=S)c1ccc(N2CCCC3CCCC32)nc1. The van der Waals surface area contributed by atoms with Crippen molar-refractivity contribution in [3.8, 4) is 0 Å². The van der Waals surface area contributed by atoms with E-state index in [1.165, 1.54) is 32.1 Å². The van der Waals surface area contributed by atoms with Crippen LogP contribution in [0, 0.1) is 5.92 Å². The minimum atomic E-state index is 0.423. The average molecular weight is 261 g/mol. The van der Waals surface area contributed by atoms with E-state index in [1.54, 1.807) is 6.20 Å². The van der Waals surface area contributed by atoms with Crippen LogP contribution in [0.5, 0.6) is 0 Å². The molecule has 0 spiro atoms. The lowest BCUT2D eigenvalue weighted by Crippen LogP contribution is -2.43. The first-order chi connectivity index (χ1) is 8.75. The van der Waals surface area contributed by atoms with Crippen LogP contribution in [0.2, 0.25) is 0 Å². The Labute approximate surface area is 113 Å². The van der Waals surface area contributed by atoms with Gasteiger partial charge in [0, 0.05) is 24.3 Å². The molecule has 18 heavy (non-hydrogen) atoms. The highest BCUT2D eigenvalue weighted by molar-refractivity contribution is 7.80. The van der Waals surface area contributed by atoms with Crippen molar-refractivity contribution in [1.82, 2.24) is 4.98 Å². The molecule has 2 heterocycles. The van der Waals surface area contributed by atoms with E-state index in [0.29, 0.717) is 11.0 Å². The zero-order valence-electron chi connectivity index (χ0n) is 10.5. The fourth-order valence-electron chi connectivity index (χ4n) is 3.44. The molecule has 1 aliphatic heterocycles. The molecular formula is C14H19N3S. The Kier molecular flexibility index (Phi) is 3.20. The first kappa shape index (κ1) is 11.9. The number of hydrogen-bond acceptors (Lipinski definition) is 3. The van der Waals surface area contributed by atoms with Crippen LogP contribution >= 0.6 is 12.2 Å². The Morgan fingerprint density at radius 2 is 2.11 bits per heavy atom. The first-order valence-corrected chi connectivity index (χ1v) is 7.19. The number of nitrogens with zero attached hydrogens (tertiary/aromatic N) is 2. The summed E-state index contributed by atoms with van der Waals surface area (Å²) in [4.78, 5) is 7.46. The summed E-state index contributed by atoms with van der Waals surface area (Å²) in [6.45, 7) is 1.14. The van der Waals surface area contributed by atoms with Gasteiger partial charge >= 0.3 is 0 Å². The predicted octanol–water partition coefficient (Wildman–Crippen LogP) is 2.48. The van der Waals surface area contributed by atoms with Gasteiger partial charge in [0.1, 0.15) is 10.8 Å². The van der Waals surface area contributed by atoms with Gasteiger partial charge in [-0.25, -0.2) is 4.98 Å². The normalized spacial score (nSPS) is 27.0. The van der Waals surface area contributed by atoms with E-state index in [-0.39, 0.29) is 0 Å². The van der Waals surface area contributed by atoms with Crippen LogP contribution in [0.15, 0.2) is 18.3 Å². The smallest absolute Gasteiger partial charge is 0.128 e. The van der Waals surface area contributed by atoms with E-state index in [4.69, 9.17) is 18.0 Å². The van der Waals surface area contributed by atoms with Crippen LogP contribution in [0.25, 0.3) is 0 Å². The van der Waals surface area contributed by atoms with E-state index in [1.807, 2.05) is 6.07 Å². The largest absolute Gasteiger partial charge is 0.389 e. The fraction of sp³-hybridized carbons (Fsp3) is 0.571. The van der Waals surface area contributed by atoms with Crippen molar-refractivity contribution in [2.24, 2.45) is 11.7 Å². The molecule has 0 amide bonds. The minimum absolute atomic E-state index is 0.423. The Morgan fingerprint density at radius 3 is 2.83 bits per heavy atom. The molecule has 1 saturated carbocycles. The summed E-state index contributed by atoms with van der Waals surface area (Å²) in [6.07, 6.45) is 8.58. The van der Waals surface area contributed by atoms with E-state index in [0.717, 1.165) is 23.8 Å². The molecule has 2 unspecified atom stereocenters. The van der Waals surface area contributed by atoms with E-state index in [2.05, 4.69) is 16.0 Å². The maximum atomic E-state index is 5.61. The van der Waals surface area contributed by atoms with Crippen LogP contribution in [0.3, 0.4) is 0 Å². The molecule has 0 bridgehead atoms. The molecule has 0 aromatic carbocycles. The lowest BCUT2D eigenvalue weighted by molar-refractivity contribution is 0.360. The Morgan fingerprint density at radius 1 is 1.28 bits per heavy atom. The summed E-state index contributed by atoms with van der Waals surface area (Å²) in [5.41, 5.74) is 6.46. The molecule has 2 N–H and O–H groups in total. The highest BCUT2D eigenvalue weighted by Gasteiger charge is 2.35. The number of nitrogens with two attached hydrogens (primary N) is 1. The topological polar surface area (TPSA) is 42.1 Å². The molecule has 96 valence electrons. The zero-order chi connectivity index (χ0) is 12.5. The molecule has 3 rings (SSSR count). The van der Waals surface area contributed by atoms with Gasteiger partial charge in [0.15, 0.2) is 0 Å². The van der Waals surface area contributed by atoms with Crippen molar-refractivity contribution >= 4 is 23.0 Å². The van der Waals surface area contributed by atoms with Gasteiger partial charge < -0.3 is 10.6 Å². The van der Waals surface area contributed by atoms with Crippen LogP contribution in [-0.4, -0.2) is 22.6 Å². The molecule has 1 aromatic rings. The maximum absolute atomic E-state index is 5.61. The summed E-state index contributed by atoms with van der Waals surface area (Å²) in [5.74, 6) is 1.97. The summed E-state index contributed by atoms with van der Waals surface area (Å²) >= 11 is 4.96. The van der Waals surface area contributed by atoms with Gasteiger partial charge in [-0.1, -0.05) is 18.6 Å². The molecule has 1 aliphatic carbocycles. The van der Waals surface area contributed by atoms with Gasteiger partial charge in [-0.2, -0.15) is 0 Å². The summed E-state index contributed by atoms with van der Waals surface area (Å²) < 4.78 is 0. The lowest BCUT2D eigenvalue weighted by atomic mass is 9.92. The third kappa shape index (κ3) is 2.09. The predicted molar refractivity (Wildman–Crippen MR) is 77.8 cm³/mol. The first-order valence-electron chi connectivity index (χ1n) is 6.78. The van der Waals surface area contributed by atoms with Crippen molar-refractivity contribution in [3.05, 3.63) is 23.9 Å². The van der Waals surface area contributed by atoms with E-state index in [9.17, 15) is 0 Å². The van der Waals surface area contributed by atoms with Crippen LogP contribution in [0.4, 0.5) is 5.82 Å². The van der Waals surface area contributed by atoms with Crippen LogP contribution in [0.1, 0.15) is 37.7 Å². The minimum Gasteiger partial charge on any atom is -0.389 e. The molecule has 0 radical (unpaired) electrons. The fourth-order valence-corrected chi connectivity index (χ4v) is 3.56. The quantitative estimate of drug-likeness (QED) is 0.831. The molecule has 2 atom stereocenters. The van der Waals surface area contributed by atoms with Gasteiger partial charge in [0.2, 0.25) is 0 Å². The molecule has 4 heteroatoms. The molecule has 1 saturated heterocycles. The third-order valence-electron chi connectivity index (χ3n) is 4.32. The number of thiocarbonyl (C=S) groups is 1. The van der Waals surface area contributed by atoms with Crippen molar-refractivity contribution in [1.29, 1.82) is 0 Å². The van der Waals surface area contributed by atoms with Crippen molar-refractivity contribution in [2.45, 2.75) is 38.1 Å². The number of anilines is 1. The molecular weight excluding hydrogens is 242 g/mol. The molecule has 2 fully saturated rings. The number of fused-ring (bicyclic) bond motifs is 1. The molecule has 3 nitrogen and oxygen atoms in total. The summed E-state index contributed by atoms with van der Waals surface area (Å²) in [5, 5.41) is 0. The second kappa shape index (κ2) is 4.84. The Hall–Kier alpha value is -1.16. The summed E-state index contributed by atoms with van der Waals surface area (Å²) in [7, 11) is 0. The number of piperidine rings is 1. The monoisotopic (exact) mass is 261 g/mol. The van der Waals surface area contributed by atoms with Crippen molar-refractivity contribution in [2.75, 3.05) is 11.4 Å². The highest BCUT2D eigenvalue weighted by atomic mass is 32.1. The van der Waals surface area contributed by atoms with Gasteiger partial charge in [0.25, 0.3) is 0 Å². The van der Waals surface area contributed by atoms with E-state index >= 15 is 0 Å². The van der Waals surface area contributed by atoms with E-state index < -0.39 is 0 Å². The number of rotatable bonds is 2. The van der Waals surface area contributed by atoms with Crippen molar-refractivity contribution < 1.29 is 0 Å². The van der Waals surface area contributed by atoms with Gasteiger partial charge in [-0.05, 0) is 43.7 Å². The second-order valence-electron chi connectivity index (χ2n) is 5.36. The molecule has 2 aliphatic rings. The molecule has 1 aromatic heterocycles. The Bertz CT molecular complexity index is 443. The average Bonchev–Trinajstić information content (AvgIpc) is 2.87. The van der Waals surface area contributed by atoms with Gasteiger partial charge in [0.05, 0.1) is 0 Å². The lowest BCUT2D eigenvalue weighted by Gasteiger charge is -2.38. The standard InChI is InChI=1S/C14H19N3S/c15-14(18)11-6-7-13(16-9-11)17-8-2-4-10-3-1-5-12(10)17/h6-7,9-10,12H,1-5,8H2,(H2,15,18). The maximum Gasteiger partial charge on any atom is 0.128 e. The van der Waals surface area contributed by atoms with Crippen LogP contribution < -0.4 is 10.6 Å². The van der Waals surface area contributed by atoms with Crippen molar-refractivity contribution in [3.63, 3.8) is 0 Å². The van der Waals surface area contributed by atoms with Crippen LogP contribution in [-0.2, 0) is 0 Å². The van der Waals surface area contributed by atoms with Gasteiger partial charge in [-0.15, -0.1) is 0 Å². The number of aromatic nitrogens is 1. The number of hydrogen-bond donors (Lipinski definition) is 1. The number of pyridine rings is 1.